The van der Waals surface area contributed by atoms with E-state index in [1.807, 2.05) is 24.3 Å². The van der Waals surface area contributed by atoms with Crippen LogP contribution < -0.4 is 9.47 Å². The molecular weight excluding hydrogens is 366 g/mol. The van der Waals surface area contributed by atoms with E-state index in [9.17, 15) is 5.11 Å². The highest BCUT2D eigenvalue weighted by atomic mass is 16.5. The Kier molecular flexibility index (Phi) is 8.35. The molecular formula is C24H33NO4. The summed E-state index contributed by atoms with van der Waals surface area (Å²) in [4.78, 5) is 2.28. The quantitative estimate of drug-likeness (QED) is 0.625. The van der Waals surface area contributed by atoms with Crippen LogP contribution in [0.4, 0.5) is 0 Å². The molecule has 0 radical (unpaired) electrons. The zero-order valence-electron chi connectivity index (χ0n) is 17.5. The van der Waals surface area contributed by atoms with Gasteiger partial charge in [-0.3, -0.25) is 4.90 Å². The third kappa shape index (κ3) is 7.03. The molecule has 2 aromatic carbocycles. The number of hydrogen-bond donors (Lipinski definition) is 1. The number of methoxy groups -OCH3 is 1. The predicted octanol–water partition coefficient (Wildman–Crippen LogP) is 3.68. The van der Waals surface area contributed by atoms with Crippen molar-refractivity contribution in [2.24, 2.45) is 0 Å². The predicted molar refractivity (Wildman–Crippen MR) is 115 cm³/mol. The van der Waals surface area contributed by atoms with Crippen molar-refractivity contribution in [2.45, 2.75) is 44.9 Å². The molecule has 0 amide bonds. The van der Waals surface area contributed by atoms with E-state index < -0.39 is 6.10 Å². The van der Waals surface area contributed by atoms with Gasteiger partial charge in [0, 0.05) is 26.2 Å². The summed E-state index contributed by atoms with van der Waals surface area (Å²) in [5, 5.41) is 10.6. The molecule has 3 rings (SSSR count). The number of rotatable bonds is 11. The van der Waals surface area contributed by atoms with Gasteiger partial charge in [-0.15, -0.1) is 0 Å². The lowest BCUT2D eigenvalue weighted by Crippen LogP contribution is -2.39. The minimum atomic E-state index is -0.576. The third-order valence-electron chi connectivity index (χ3n) is 5.29. The standard InChI is InChI=1S/C24H33NO4/c1-3-19-6-8-20(9-7-19)15-25(17-24-5-4-14-28-24)16-21(26)18-29-23-12-10-22(27-2)11-13-23/h6-13,21,24,26H,3-5,14-18H2,1-2H3. The molecule has 5 nitrogen and oxygen atoms in total. The summed E-state index contributed by atoms with van der Waals surface area (Å²) in [6.45, 7) is 5.43. The van der Waals surface area contributed by atoms with Crippen LogP contribution in [0, 0.1) is 0 Å². The number of benzene rings is 2. The number of nitrogens with zero attached hydrogens (tertiary/aromatic N) is 1. The van der Waals surface area contributed by atoms with Crippen LogP contribution in [0.5, 0.6) is 11.5 Å². The molecule has 0 saturated carbocycles. The number of hydrogen-bond acceptors (Lipinski definition) is 5. The number of aliphatic hydroxyl groups is 1. The first-order valence-corrected chi connectivity index (χ1v) is 10.5. The maximum absolute atomic E-state index is 10.6. The van der Waals surface area contributed by atoms with Gasteiger partial charge in [0.25, 0.3) is 0 Å². The highest BCUT2D eigenvalue weighted by molar-refractivity contribution is 5.31. The second-order valence-corrected chi connectivity index (χ2v) is 7.64. The Morgan fingerprint density at radius 2 is 1.76 bits per heavy atom. The first kappa shape index (κ1) is 21.6. The number of aryl methyl sites for hydroxylation is 1. The summed E-state index contributed by atoms with van der Waals surface area (Å²) in [6, 6.07) is 16.1. The topological polar surface area (TPSA) is 51.2 Å². The van der Waals surface area contributed by atoms with Crippen molar-refractivity contribution in [1.29, 1.82) is 0 Å². The maximum Gasteiger partial charge on any atom is 0.119 e. The molecule has 2 atom stereocenters. The molecule has 2 unspecified atom stereocenters. The van der Waals surface area contributed by atoms with Crippen molar-refractivity contribution in [3.05, 3.63) is 59.7 Å². The Labute approximate surface area is 174 Å². The van der Waals surface area contributed by atoms with Crippen LogP contribution in [0.3, 0.4) is 0 Å². The second kappa shape index (κ2) is 11.2. The second-order valence-electron chi connectivity index (χ2n) is 7.64. The van der Waals surface area contributed by atoms with Crippen molar-refractivity contribution >= 4 is 0 Å². The lowest BCUT2D eigenvalue weighted by atomic mass is 10.1. The minimum Gasteiger partial charge on any atom is -0.497 e. The van der Waals surface area contributed by atoms with E-state index >= 15 is 0 Å². The summed E-state index contributed by atoms with van der Waals surface area (Å²) >= 11 is 0. The van der Waals surface area contributed by atoms with Gasteiger partial charge in [-0.25, -0.2) is 0 Å². The SMILES string of the molecule is CCc1ccc(CN(CC(O)COc2ccc(OC)cc2)CC2CCCO2)cc1. The van der Waals surface area contributed by atoms with Crippen LogP contribution in [-0.4, -0.2) is 55.6 Å². The number of aliphatic hydroxyl groups excluding tert-OH is 1. The molecule has 1 fully saturated rings. The lowest BCUT2D eigenvalue weighted by molar-refractivity contribution is 0.0313. The lowest BCUT2D eigenvalue weighted by Gasteiger charge is -2.27. The Hall–Kier alpha value is -2.08. The minimum absolute atomic E-state index is 0.250. The van der Waals surface area contributed by atoms with E-state index in [1.54, 1.807) is 7.11 Å². The van der Waals surface area contributed by atoms with Gasteiger partial charge in [0.15, 0.2) is 0 Å². The van der Waals surface area contributed by atoms with Crippen molar-refractivity contribution in [2.75, 3.05) is 33.4 Å². The first-order valence-electron chi connectivity index (χ1n) is 10.5. The van der Waals surface area contributed by atoms with E-state index in [0.29, 0.717) is 6.54 Å². The van der Waals surface area contributed by atoms with E-state index in [0.717, 1.165) is 50.5 Å². The zero-order valence-corrected chi connectivity index (χ0v) is 17.5. The van der Waals surface area contributed by atoms with Crippen molar-refractivity contribution in [3.8, 4) is 11.5 Å². The first-order chi connectivity index (χ1) is 14.2. The molecule has 1 saturated heterocycles. The molecule has 1 heterocycles. The fourth-order valence-electron chi connectivity index (χ4n) is 3.63. The number of ether oxygens (including phenoxy) is 3. The molecule has 0 aliphatic carbocycles. The molecule has 1 N–H and O–H groups in total. The van der Waals surface area contributed by atoms with Gasteiger partial charge >= 0.3 is 0 Å². The molecule has 2 aromatic rings. The molecule has 0 aromatic heterocycles. The molecule has 0 spiro atoms. The summed E-state index contributed by atoms with van der Waals surface area (Å²) in [6.07, 6.45) is 2.92. The smallest absolute Gasteiger partial charge is 0.119 e. The van der Waals surface area contributed by atoms with Crippen molar-refractivity contribution in [3.63, 3.8) is 0 Å². The van der Waals surface area contributed by atoms with E-state index in [-0.39, 0.29) is 12.7 Å². The highest BCUT2D eigenvalue weighted by Crippen LogP contribution is 2.18. The largest absolute Gasteiger partial charge is 0.497 e. The molecule has 158 valence electrons. The van der Waals surface area contributed by atoms with E-state index in [1.165, 1.54) is 11.1 Å². The van der Waals surface area contributed by atoms with Gasteiger partial charge in [-0.05, 0) is 54.7 Å². The average Bonchev–Trinajstić information content (AvgIpc) is 3.26. The molecule has 1 aliphatic rings. The van der Waals surface area contributed by atoms with Gasteiger partial charge in [-0.2, -0.15) is 0 Å². The molecule has 0 bridgehead atoms. The van der Waals surface area contributed by atoms with Gasteiger partial charge in [0.1, 0.15) is 24.2 Å². The monoisotopic (exact) mass is 399 g/mol. The molecule has 5 heteroatoms. The van der Waals surface area contributed by atoms with E-state index in [2.05, 4.69) is 36.1 Å². The van der Waals surface area contributed by atoms with Gasteiger partial charge in [-0.1, -0.05) is 31.2 Å². The fourth-order valence-corrected chi connectivity index (χ4v) is 3.63. The van der Waals surface area contributed by atoms with Gasteiger partial charge in [0.05, 0.1) is 13.2 Å². The Morgan fingerprint density at radius 1 is 1.07 bits per heavy atom. The average molecular weight is 400 g/mol. The van der Waals surface area contributed by atoms with Crippen molar-refractivity contribution in [1.82, 2.24) is 4.90 Å². The molecule has 29 heavy (non-hydrogen) atoms. The fraction of sp³-hybridized carbons (Fsp3) is 0.500. The molecule has 1 aliphatic heterocycles. The summed E-state index contributed by atoms with van der Waals surface area (Å²) in [5.41, 5.74) is 2.59. The van der Waals surface area contributed by atoms with Crippen LogP contribution in [-0.2, 0) is 17.7 Å². The van der Waals surface area contributed by atoms with Crippen molar-refractivity contribution < 1.29 is 19.3 Å². The maximum atomic E-state index is 10.6. The van der Waals surface area contributed by atoms with Crippen LogP contribution >= 0.6 is 0 Å². The summed E-state index contributed by atoms with van der Waals surface area (Å²) in [7, 11) is 1.64. The Balaban J connectivity index is 1.55. The van der Waals surface area contributed by atoms with Gasteiger partial charge < -0.3 is 19.3 Å². The summed E-state index contributed by atoms with van der Waals surface area (Å²) in [5.74, 6) is 1.51. The highest BCUT2D eigenvalue weighted by Gasteiger charge is 2.21. The Morgan fingerprint density at radius 3 is 2.38 bits per heavy atom. The van der Waals surface area contributed by atoms with Gasteiger partial charge in [0.2, 0.25) is 0 Å². The third-order valence-corrected chi connectivity index (χ3v) is 5.29. The summed E-state index contributed by atoms with van der Waals surface area (Å²) < 4.78 is 16.7. The Bertz CT molecular complexity index is 711. The van der Waals surface area contributed by atoms with Crippen LogP contribution in [0.1, 0.15) is 30.9 Å². The van der Waals surface area contributed by atoms with Crippen LogP contribution in [0.25, 0.3) is 0 Å². The normalized spacial score (nSPS) is 17.4. The van der Waals surface area contributed by atoms with Crippen LogP contribution in [0.2, 0.25) is 0 Å². The zero-order chi connectivity index (χ0) is 20.5. The van der Waals surface area contributed by atoms with E-state index in [4.69, 9.17) is 14.2 Å². The van der Waals surface area contributed by atoms with Crippen LogP contribution in [0.15, 0.2) is 48.5 Å².